The van der Waals surface area contributed by atoms with Crippen LogP contribution in [0.25, 0.3) is 0 Å². The van der Waals surface area contributed by atoms with Crippen LogP contribution in [0.15, 0.2) is 52.3 Å². The molecule has 3 aromatic rings. The molecule has 0 saturated heterocycles. The van der Waals surface area contributed by atoms with E-state index in [-0.39, 0.29) is 37.9 Å². The van der Waals surface area contributed by atoms with Crippen molar-refractivity contribution < 1.29 is 16.8 Å². The maximum atomic E-state index is 12.5. The maximum Gasteiger partial charge on any atom is 0.265 e. The topological polar surface area (TPSA) is 118 Å². The minimum Gasteiger partial charge on any atom is -0.253 e. The molecular formula is C17H16Cl2N4O4S3. The average Bonchev–Trinajstić information content (AvgIpc) is 3.10. The molecule has 2 N–H and O–H groups in total. The third kappa shape index (κ3) is 5.68. The third-order valence-corrected chi connectivity index (χ3v) is 8.39. The Hall–Kier alpha value is -1.76. The number of halogens is 2. The summed E-state index contributed by atoms with van der Waals surface area (Å²) in [6, 6.07) is 10.6. The molecule has 0 saturated carbocycles. The number of hydrogen-bond acceptors (Lipinski definition) is 7. The summed E-state index contributed by atoms with van der Waals surface area (Å²) >= 11 is 12.8. The average molecular weight is 507 g/mol. The number of aromatic nitrogens is 2. The van der Waals surface area contributed by atoms with E-state index in [0.29, 0.717) is 5.01 Å². The first kappa shape index (κ1) is 22.9. The van der Waals surface area contributed by atoms with Crippen molar-refractivity contribution in [3.63, 3.8) is 0 Å². The molecule has 0 amide bonds. The summed E-state index contributed by atoms with van der Waals surface area (Å²) in [6.07, 6.45) is 0.238. The van der Waals surface area contributed by atoms with Crippen molar-refractivity contribution in [3.05, 3.63) is 63.1 Å². The summed E-state index contributed by atoms with van der Waals surface area (Å²) < 4.78 is 54.4. The molecule has 1 heterocycles. The first-order valence-corrected chi connectivity index (χ1v) is 13.0. The second-order valence-electron chi connectivity index (χ2n) is 6.14. The SMILES string of the molecule is Cc1ccc(S(=O)(=O)NCCc2nnc(NS(=O)(=O)c3cc(Cl)ccc3Cl)s2)cc1. The van der Waals surface area contributed by atoms with Crippen LogP contribution in [0.1, 0.15) is 10.6 Å². The van der Waals surface area contributed by atoms with Crippen molar-refractivity contribution in [2.75, 3.05) is 11.3 Å². The van der Waals surface area contributed by atoms with Gasteiger partial charge in [-0.3, -0.25) is 4.72 Å². The van der Waals surface area contributed by atoms with Gasteiger partial charge in [0.05, 0.1) is 9.92 Å². The van der Waals surface area contributed by atoms with E-state index < -0.39 is 20.0 Å². The Morgan fingerprint density at radius 1 is 0.967 bits per heavy atom. The minimum absolute atomic E-state index is 0.0159. The standard InChI is InChI=1S/C17H16Cl2N4O4S3/c1-11-2-5-13(6-3-11)29(24,25)20-9-8-16-21-22-17(28-16)23-30(26,27)15-10-12(18)4-7-14(15)19/h2-7,10,20H,8-9H2,1H3,(H,22,23). The summed E-state index contributed by atoms with van der Waals surface area (Å²) in [7, 11) is -7.65. The lowest BCUT2D eigenvalue weighted by Crippen LogP contribution is -2.25. The fourth-order valence-electron chi connectivity index (χ4n) is 2.34. The molecule has 0 radical (unpaired) electrons. The smallest absolute Gasteiger partial charge is 0.253 e. The van der Waals surface area contributed by atoms with Gasteiger partial charge in [0, 0.05) is 18.0 Å². The van der Waals surface area contributed by atoms with Crippen LogP contribution in [-0.2, 0) is 26.5 Å². The number of hydrogen-bond donors (Lipinski definition) is 2. The number of nitrogens with zero attached hydrogens (tertiary/aromatic N) is 2. The van der Waals surface area contributed by atoms with Gasteiger partial charge in [0.25, 0.3) is 10.0 Å². The molecule has 0 fully saturated rings. The first-order valence-electron chi connectivity index (χ1n) is 8.43. The number of nitrogens with one attached hydrogen (secondary N) is 2. The Morgan fingerprint density at radius 3 is 2.37 bits per heavy atom. The largest absolute Gasteiger partial charge is 0.265 e. The lowest BCUT2D eigenvalue weighted by atomic mass is 10.2. The van der Waals surface area contributed by atoms with Crippen LogP contribution >= 0.6 is 34.5 Å². The van der Waals surface area contributed by atoms with Gasteiger partial charge in [0.2, 0.25) is 15.2 Å². The van der Waals surface area contributed by atoms with Crippen LogP contribution in [0.4, 0.5) is 5.13 Å². The number of aryl methyl sites for hydroxylation is 1. The molecule has 0 aliphatic rings. The molecule has 0 aliphatic heterocycles. The fraction of sp³-hybridized carbons (Fsp3) is 0.176. The van der Waals surface area contributed by atoms with Crippen LogP contribution in [0.5, 0.6) is 0 Å². The number of rotatable bonds is 8. The highest BCUT2D eigenvalue weighted by atomic mass is 35.5. The van der Waals surface area contributed by atoms with Crippen molar-refractivity contribution in [1.82, 2.24) is 14.9 Å². The Bertz CT molecular complexity index is 1260. The van der Waals surface area contributed by atoms with Gasteiger partial charge in [-0.25, -0.2) is 21.6 Å². The van der Waals surface area contributed by atoms with Crippen molar-refractivity contribution in [3.8, 4) is 0 Å². The Kier molecular flexibility index (Phi) is 7.00. The lowest BCUT2D eigenvalue weighted by molar-refractivity contribution is 0.581. The normalized spacial score (nSPS) is 12.1. The van der Waals surface area contributed by atoms with Gasteiger partial charge in [0.1, 0.15) is 9.90 Å². The lowest BCUT2D eigenvalue weighted by Gasteiger charge is -2.07. The van der Waals surface area contributed by atoms with Crippen LogP contribution in [0, 0.1) is 6.92 Å². The van der Waals surface area contributed by atoms with Crippen molar-refractivity contribution >= 4 is 59.7 Å². The third-order valence-electron chi connectivity index (χ3n) is 3.83. The molecule has 3 rings (SSSR count). The zero-order chi connectivity index (χ0) is 21.9. The van der Waals surface area contributed by atoms with Crippen molar-refractivity contribution in [2.24, 2.45) is 0 Å². The maximum absolute atomic E-state index is 12.5. The van der Waals surface area contributed by atoms with E-state index >= 15 is 0 Å². The summed E-state index contributed by atoms with van der Waals surface area (Å²) in [5, 5.41) is 8.39. The van der Waals surface area contributed by atoms with E-state index in [0.717, 1.165) is 16.9 Å². The summed E-state index contributed by atoms with van der Waals surface area (Å²) in [5.74, 6) is 0. The second kappa shape index (κ2) is 9.16. The van der Waals surface area contributed by atoms with Gasteiger partial charge < -0.3 is 0 Å². The molecule has 0 aliphatic carbocycles. The minimum atomic E-state index is -4.01. The molecule has 0 atom stereocenters. The fourth-order valence-corrected chi connectivity index (χ4v) is 6.11. The van der Waals surface area contributed by atoms with Crippen LogP contribution in [0.2, 0.25) is 10.0 Å². The molecule has 8 nitrogen and oxygen atoms in total. The molecule has 160 valence electrons. The highest BCUT2D eigenvalue weighted by Crippen LogP contribution is 2.27. The van der Waals surface area contributed by atoms with Crippen LogP contribution < -0.4 is 9.44 Å². The van der Waals surface area contributed by atoms with Crippen molar-refractivity contribution in [2.45, 2.75) is 23.1 Å². The van der Waals surface area contributed by atoms with E-state index in [1.165, 1.54) is 30.3 Å². The predicted molar refractivity (Wildman–Crippen MR) is 117 cm³/mol. The molecule has 13 heteroatoms. The van der Waals surface area contributed by atoms with Gasteiger partial charge in [-0.05, 0) is 37.3 Å². The van der Waals surface area contributed by atoms with E-state index in [2.05, 4.69) is 19.6 Å². The van der Waals surface area contributed by atoms with Crippen LogP contribution in [0.3, 0.4) is 0 Å². The van der Waals surface area contributed by atoms with Gasteiger partial charge in [-0.1, -0.05) is 52.2 Å². The van der Waals surface area contributed by atoms with Gasteiger partial charge in [-0.15, -0.1) is 10.2 Å². The van der Waals surface area contributed by atoms with E-state index in [1.807, 2.05) is 6.92 Å². The summed E-state index contributed by atoms with van der Waals surface area (Å²) in [4.78, 5) is -0.0171. The molecule has 30 heavy (non-hydrogen) atoms. The van der Waals surface area contributed by atoms with Gasteiger partial charge in [-0.2, -0.15) is 0 Å². The van der Waals surface area contributed by atoms with E-state index in [4.69, 9.17) is 23.2 Å². The first-order chi connectivity index (χ1) is 14.1. The number of benzene rings is 2. The molecule has 0 spiro atoms. The zero-order valence-electron chi connectivity index (χ0n) is 15.5. The highest BCUT2D eigenvalue weighted by molar-refractivity contribution is 7.93. The number of sulfonamides is 2. The van der Waals surface area contributed by atoms with E-state index in [1.54, 1.807) is 12.1 Å². The van der Waals surface area contributed by atoms with Crippen LogP contribution in [-0.4, -0.2) is 33.6 Å². The van der Waals surface area contributed by atoms with Gasteiger partial charge in [0.15, 0.2) is 0 Å². The molecular weight excluding hydrogens is 491 g/mol. The monoisotopic (exact) mass is 506 g/mol. The Labute approximate surface area is 188 Å². The Balaban J connectivity index is 1.63. The molecule has 0 bridgehead atoms. The van der Waals surface area contributed by atoms with Gasteiger partial charge >= 0.3 is 0 Å². The zero-order valence-corrected chi connectivity index (χ0v) is 19.4. The quantitative estimate of drug-likeness (QED) is 0.482. The molecule has 0 unspecified atom stereocenters. The summed E-state index contributed by atoms with van der Waals surface area (Å²) in [6.45, 7) is 1.95. The van der Waals surface area contributed by atoms with Crippen molar-refractivity contribution in [1.29, 1.82) is 0 Å². The second-order valence-corrected chi connectivity index (χ2v) is 11.5. The predicted octanol–water partition coefficient (Wildman–Crippen LogP) is 3.48. The highest BCUT2D eigenvalue weighted by Gasteiger charge is 2.21. The molecule has 2 aromatic carbocycles. The number of anilines is 1. The van der Waals surface area contributed by atoms with E-state index in [9.17, 15) is 16.8 Å². The summed E-state index contributed by atoms with van der Waals surface area (Å²) in [5.41, 5.74) is 0.955. The Morgan fingerprint density at radius 2 is 1.67 bits per heavy atom. The molecule has 1 aromatic heterocycles.